The smallest absolute Gasteiger partial charge is 0.137 e. The normalized spacial score (nSPS) is 16.7. The van der Waals surface area contributed by atoms with E-state index >= 15 is 0 Å². The van der Waals surface area contributed by atoms with Crippen LogP contribution in [0.1, 0.15) is 28.3 Å². The van der Waals surface area contributed by atoms with Crippen LogP contribution < -0.4 is 10.1 Å². The van der Waals surface area contributed by atoms with Crippen LogP contribution in [0.25, 0.3) is 0 Å². The number of fused-ring (bicyclic) bond motifs is 1. The highest BCUT2D eigenvalue weighted by Crippen LogP contribution is 2.38. The van der Waals surface area contributed by atoms with Crippen LogP contribution in [-0.2, 0) is 6.42 Å². The molecule has 3 rings (SSSR count). The lowest BCUT2D eigenvalue weighted by Gasteiger charge is -2.14. The Morgan fingerprint density at radius 1 is 1.20 bits per heavy atom. The van der Waals surface area contributed by atoms with Gasteiger partial charge in [0.2, 0.25) is 0 Å². The topological polar surface area (TPSA) is 21.3 Å². The lowest BCUT2D eigenvalue weighted by molar-refractivity contribution is 0.415. The average Bonchev–Trinajstić information content (AvgIpc) is 2.82. The lowest BCUT2D eigenvalue weighted by Crippen LogP contribution is -2.06. The number of aryl methyl sites for hydroxylation is 2. The molecule has 0 saturated heterocycles. The van der Waals surface area contributed by atoms with Gasteiger partial charge in [0, 0.05) is 5.69 Å². The summed E-state index contributed by atoms with van der Waals surface area (Å²) in [6.07, 6.45) is 1.00. The van der Waals surface area contributed by atoms with Gasteiger partial charge in [0.25, 0.3) is 0 Å². The van der Waals surface area contributed by atoms with Crippen molar-refractivity contribution in [3.05, 3.63) is 57.6 Å². The van der Waals surface area contributed by atoms with Gasteiger partial charge in [-0.25, -0.2) is 0 Å². The summed E-state index contributed by atoms with van der Waals surface area (Å²) in [7, 11) is 1.64. The Balaban J connectivity index is 1.92. The van der Waals surface area contributed by atoms with Crippen LogP contribution in [0.3, 0.4) is 0 Å². The second-order valence-corrected chi connectivity index (χ2v) is 5.82. The Labute approximate surface area is 124 Å². The van der Waals surface area contributed by atoms with Gasteiger partial charge in [-0.3, -0.25) is 0 Å². The summed E-state index contributed by atoms with van der Waals surface area (Å²) in [6.45, 7) is 4.30. The third-order valence-corrected chi connectivity index (χ3v) is 4.18. The Hall–Kier alpha value is -1.67. The molecule has 1 unspecified atom stereocenters. The molecule has 0 bridgehead atoms. The predicted octanol–water partition coefficient (Wildman–Crippen LogP) is 4.67. The molecule has 0 aromatic heterocycles. The molecular formula is C17H18ClNO. The first-order valence-corrected chi connectivity index (χ1v) is 7.16. The quantitative estimate of drug-likeness (QED) is 0.866. The van der Waals surface area contributed by atoms with Gasteiger partial charge >= 0.3 is 0 Å². The summed E-state index contributed by atoms with van der Waals surface area (Å²) in [5, 5.41) is 4.27. The van der Waals surface area contributed by atoms with Crippen molar-refractivity contribution < 1.29 is 4.74 Å². The maximum absolute atomic E-state index is 6.22. The van der Waals surface area contributed by atoms with Crippen molar-refractivity contribution in [2.24, 2.45) is 0 Å². The maximum atomic E-state index is 6.22. The van der Waals surface area contributed by atoms with E-state index in [9.17, 15) is 0 Å². The molecule has 0 fully saturated rings. The van der Waals surface area contributed by atoms with E-state index in [-0.39, 0.29) is 6.04 Å². The minimum absolute atomic E-state index is 0.286. The summed E-state index contributed by atoms with van der Waals surface area (Å²) in [5.74, 6) is 0.720. The highest BCUT2D eigenvalue weighted by molar-refractivity contribution is 6.32. The largest absolute Gasteiger partial charge is 0.495 e. The number of hydrogen-bond donors (Lipinski definition) is 1. The van der Waals surface area contributed by atoms with Crippen LogP contribution >= 0.6 is 11.6 Å². The van der Waals surface area contributed by atoms with Gasteiger partial charge in [0.1, 0.15) is 5.75 Å². The van der Waals surface area contributed by atoms with Crippen LogP contribution in [0.15, 0.2) is 30.3 Å². The Kier molecular flexibility index (Phi) is 3.35. The summed E-state index contributed by atoms with van der Waals surface area (Å²) in [5.41, 5.74) is 6.48. The van der Waals surface area contributed by atoms with E-state index in [0.29, 0.717) is 5.02 Å². The molecule has 0 spiro atoms. The molecule has 104 valence electrons. The summed E-state index contributed by atoms with van der Waals surface area (Å²) in [6, 6.07) is 10.8. The molecule has 0 saturated carbocycles. The molecule has 2 nitrogen and oxygen atoms in total. The molecule has 1 aliphatic heterocycles. The zero-order chi connectivity index (χ0) is 14.3. The molecule has 0 amide bonds. The lowest BCUT2D eigenvalue weighted by atomic mass is 10.0. The highest BCUT2D eigenvalue weighted by Gasteiger charge is 2.24. The predicted molar refractivity (Wildman–Crippen MR) is 84.0 cm³/mol. The number of hydrogen-bond acceptors (Lipinski definition) is 2. The fourth-order valence-electron chi connectivity index (χ4n) is 2.97. The van der Waals surface area contributed by atoms with E-state index in [2.05, 4.69) is 37.4 Å². The van der Waals surface area contributed by atoms with Gasteiger partial charge < -0.3 is 10.1 Å². The third-order valence-electron chi connectivity index (χ3n) is 3.88. The Bertz CT molecular complexity index is 666. The van der Waals surface area contributed by atoms with Gasteiger partial charge in [-0.1, -0.05) is 35.4 Å². The average molecular weight is 288 g/mol. The molecule has 1 aliphatic rings. The van der Waals surface area contributed by atoms with E-state index in [1.807, 2.05) is 12.1 Å². The van der Waals surface area contributed by atoms with E-state index in [1.165, 1.54) is 27.9 Å². The van der Waals surface area contributed by atoms with Crippen molar-refractivity contribution in [2.45, 2.75) is 26.3 Å². The second-order valence-electron chi connectivity index (χ2n) is 5.41. The van der Waals surface area contributed by atoms with Crippen LogP contribution in [0.2, 0.25) is 5.02 Å². The number of rotatable bonds is 2. The molecule has 2 aromatic rings. The van der Waals surface area contributed by atoms with Gasteiger partial charge in [0.05, 0.1) is 18.2 Å². The van der Waals surface area contributed by atoms with Crippen molar-refractivity contribution in [1.29, 1.82) is 0 Å². The molecule has 1 heterocycles. The molecular weight excluding hydrogens is 270 g/mol. The van der Waals surface area contributed by atoms with Crippen molar-refractivity contribution in [1.82, 2.24) is 0 Å². The van der Waals surface area contributed by atoms with Gasteiger partial charge in [-0.2, -0.15) is 0 Å². The number of methoxy groups -OCH3 is 1. The molecule has 0 radical (unpaired) electrons. The van der Waals surface area contributed by atoms with E-state index in [1.54, 1.807) is 7.11 Å². The standard InChI is InChI=1S/C17H18ClNO/c1-10-6-11(2)17-13(7-10)9-15(19-17)12-4-5-16(20-3)14(18)8-12/h4-8,15,19H,9H2,1-3H3. The molecule has 0 aliphatic carbocycles. The van der Waals surface area contributed by atoms with Crippen LogP contribution in [0, 0.1) is 13.8 Å². The number of anilines is 1. The highest BCUT2D eigenvalue weighted by atomic mass is 35.5. The van der Waals surface area contributed by atoms with Crippen molar-refractivity contribution in [3.8, 4) is 5.75 Å². The number of halogens is 1. The third kappa shape index (κ3) is 2.25. The number of ether oxygens (including phenoxy) is 1. The number of nitrogens with one attached hydrogen (secondary N) is 1. The first-order chi connectivity index (χ1) is 9.58. The molecule has 20 heavy (non-hydrogen) atoms. The van der Waals surface area contributed by atoms with E-state index in [4.69, 9.17) is 16.3 Å². The minimum Gasteiger partial charge on any atom is -0.495 e. The first kappa shape index (κ1) is 13.3. The first-order valence-electron chi connectivity index (χ1n) is 6.78. The maximum Gasteiger partial charge on any atom is 0.137 e. The summed E-state index contributed by atoms with van der Waals surface area (Å²) in [4.78, 5) is 0. The Morgan fingerprint density at radius 2 is 2.00 bits per heavy atom. The van der Waals surface area contributed by atoms with Crippen LogP contribution in [0.5, 0.6) is 5.75 Å². The fourth-order valence-corrected chi connectivity index (χ4v) is 3.23. The zero-order valence-electron chi connectivity index (χ0n) is 12.0. The molecule has 1 atom stereocenters. The van der Waals surface area contributed by atoms with E-state index in [0.717, 1.165) is 12.2 Å². The van der Waals surface area contributed by atoms with Crippen molar-refractivity contribution >= 4 is 17.3 Å². The van der Waals surface area contributed by atoms with Crippen LogP contribution in [0.4, 0.5) is 5.69 Å². The summed E-state index contributed by atoms with van der Waals surface area (Å²) >= 11 is 6.22. The van der Waals surface area contributed by atoms with Gasteiger partial charge in [0.15, 0.2) is 0 Å². The molecule has 1 N–H and O–H groups in total. The monoisotopic (exact) mass is 287 g/mol. The fraction of sp³-hybridized carbons (Fsp3) is 0.294. The SMILES string of the molecule is COc1ccc(C2Cc3cc(C)cc(C)c3N2)cc1Cl. The molecule has 3 heteroatoms. The van der Waals surface area contributed by atoms with Crippen LogP contribution in [-0.4, -0.2) is 7.11 Å². The van der Waals surface area contributed by atoms with Gasteiger partial charge in [-0.05, 0) is 49.1 Å². The second kappa shape index (κ2) is 5.02. The number of benzene rings is 2. The van der Waals surface area contributed by atoms with Crippen molar-refractivity contribution in [3.63, 3.8) is 0 Å². The Morgan fingerprint density at radius 3 is 2.70 bits per heavy atom. The van der Waals surface area contributed by atoms with Gasteiger partial charge in [-0.15, -0.1) is 0 Å². The van der Waals surface area contributed by atoms with E-state index < -0.39 is 0 Å². The molecule has 2 aromatic carbocycles. The zero-order valence-corrected chi connectivity index (χ0v) is 12.7. The van der Waals surface area contributed by atoms with Crippen molar-refractivity contribution in [2.75, 3.05) is 12.4 Å². The summed E-state index contributed by atoms with van der Waals surface area (Å²) < 4.78 is 5.21. The minimum atomic E-state index is 0.286.